The molecule has 5 nitrogen and oxygen atoms in total. The van der Waals surface area contributed by atoms with Crippen LogP contribution in [-0.2, 0) is 0 Å². The number of nitrogens with zero attached hydrogens (tertiary/aromatic N) is 3. The Bertz CT molecular complexity index is 576. The lowest BCUT2D eigenvalue weighted by molar-refractivity contribution is 0.0995. The molecule has 94 valence electrons. The third-order valence-corrected chi connectivity index (χ3v) is 2.58. The van der Waals surface area contributed by atoms with Gasteiger partial charge in [-0.3, -0.25) is 4.79 Å². The van der Waals surface area contributed by atoms with Crippen LogP contribution in [0.5, 0.6) is 0 Å². The second kappa shape index (κ2) is 4.52. The van der Waals surface area contributed by atoms with Crippen molar-refractivity contribution in [3.8, 4) is 0 Å². The minimum atomic E-state index is -0.748. The Kier molecular flexibility index (Phi) is 3.05. The Labute approximate surface area is 101 Å². The molecule has 0 bridgehead atoms. The van der Waals surface area contributed by atoms with Crippen molar-refractivity contribution in [3.05, 3.63) is 47.3 Å². The Morgan fingerprint density at radius 3 is 2.50 bits per heavy atom. The van der Waals surface area contributed by atoms with Gasteiger partial charge in [0.25, 0.3) is 5.91 Å². The number of aromatic nitrogens is 3. The molecule has 0 saturated carbocycles. The lowest BCUT2D eigenvalue weighted by Gasteiger charge is -2.13. The summed E-state index contributed by atoms with van der Waals surface area (Å²) in [5, 5.41) is 7.14. The third kappa shape index (κ3) is 2.06. The normalized spacial score (nSPS) is 12.4. The second-order valence-electron chi connectivity index (χ2n) is 3.76. The predicted molar refractivity (Wildman–Crippen MR) is 58.7 cm³/mol. The number of carbonyl (C=O) groups excluding carboxylic acids is 1. The van der Waals surface area contributed by atoms with E-state index in [1.54, 1.807) is 6.92 Å². The van der Waals surface area contributed by atoms with Gasteiger partial charge >= 0.3 is 0 Å². The van der Waals surface area contributed by atoms with Crippen LogP contribution in [-0.4, -0.2) is 20.9 Å². The van der Waals surface area contributed by atoms with Crippen molar-refractivity contribution in [2.24, 2.45) is 5.73 Å². The van der Waals surface area contributed by atoms with E-state index in [4.69, 9.17) is 5.73 Å². The predicted octanol–water partition coefficient (Wildman–Crippen LogP) is 1.26. The average Bonchev–Trinajstić information content (AvgIpc) is 2.77. The van der Waals surface area contributed by atoms with Crippen LogP contribution in [0.15, 0.2) is 24.4 Å². The summed E-state index contributed by atoms with van der Waals surface area (Å²) in [5.74, 6) is -2.11. The molecule has 2 rings (SSSR count). The summed E-state index contributed by atoms with van der Waals surface area (Å²) in [4.78, 5) is 10.9. The molecule has 1 atom stereocenters. The van der Waals surface area contributed by atoms with E-state index in [0.717, 1.165) is 12.1 Å². The highest BCUT2D eigenvalue weighted by atomic mass is 19.1. The highest BCUT2D eigenvalue weighted by Gasteiger charge is 2.19. The summed E-state index contributed by atoms with van der Waals surface area (Å²) in [6, 6.07) is 2.85. The molecule has 0 saturated heterocycles. The van der Waals surface area contributed by atoms with E-state index in [9.17, 15) is 13.6 Å². The molecule has 2 aromatic rings. The van der Waals surface area contributed by atoms with E-state index >= 15 is 0 Å². The van der Waals surface area contributed by atoms with Gasteiger partial charge in [0.2, 0.25) is 0 Å². The molecule has 1 amide bonds. The van der Waals surface area contributed by atoms with E-state index < -0.39 is 23.6 Å². The standard InChI is InChI=1S/C11H10F2N4O/c1-6(10-7(12)3-2-4-8(10)13)17-5-9(11(14)18)15-16-17/h2-6H,1H3,(H2,14,18). The first-order valence-corrected chi connectivity index (χ1v) is 5.16. The van der Waals surface area contributed by atoms with E-state index in [-0.39, 0.29) is 11.3 Å². The van der Waals surface area contributed by atoms with Crippen LogP contribution in [0.2, 0.25) is 0 Å². The van der Waals surface area contributed by atoms with Gasteiger partial charge in [0.05, 0.1) is 12.2 Å². The summed E-state index contributed by atoms with van der Waals surface area (Å²) in [6.45, 7) is 1.54. The quantitative estimate of drug-likeness (QED) is 0.893. The number of nitrogens with two attached hydrogens (primary N) is 1. The lowest BCUT2D eigenvalue weighted by atomic mass is 10.1. The Hall–Kier alpha value is -2.31. The van der Waals surface area contributed by atoms with Crippen LogP contribution in [0.25, 0.3) is 0 Å². The zero-order valence-electron chi connectivity index (χ0n) is 9.47. The molecule has 2 N–H and O–H groups in total. The highest BCUT2D eigenvalue weighted by Crippen LogP contribution is 2.23. The molecule has 0 aliphatic heterocycles. The van der Waals surface area contributed by atoms with E-state index in [0.29, 0.717) is 0 Å². The number of benzene rings is 1. The molecule has 1 heterocycles. The number of amides is 1. The smallest absolute Gasteiger partial charge is 0.270 e. The zero-order valence-corrected chi connectivity index (χ0v) is 9.47. The van der Waals surface area contributed by atoms with Gasteiger partial charge < -0.3 is 5.73 Å². The van der Waals surface area contributed by atoms with Crippen LogP contribution in [0.4, 0.5) is 8.78 Å². The number of primary amides is 1. The summed E-state index contributed by atoms with van der Waals surface area (Å²) >= 11 is 0. The SMILES string of the molecule is CC(c1c(F)cccc1F)n1cc(C(N)=O)nn1. The second-order valence-corrected chi connectivity index (χ2v) is 3.76. The van der Waals surface area contributed by atoms with Crippen LogP contribution >= 0.6 is 0 Å². The number of carbonyl (C=O) groups is 1. The molecule has 0 aliphatic carbocycles. The summed E-state index contributed by atoms with van der Waals surface area (Å²) < 4.78 is 28.3. The van der Waals surface area contributed by atoms with E-state index in [1.807, 2.05) is 0 Å². The van der Waals surface area contributed by atoms with Gasteiger partial charge in [-0.25, -0.2) is 13.5 Å². The summed E-state index contributed by atoms with van der Waals surface area (Å²) in [5.41, 5.74) is 4.83. The molecule has 7 heteroatoms. The fourth-order valence-electron chi connectivity index (χ4n) is 1.62. The Morgan fingerprint density at radius 2 is 2.00 bits per heavy atom. The number of hydrogen-bond donors (Lipinski definition) is 1. The lowest BCUT2D eigenvalue weighted by Crippen LogP contribution is -2.12. The van der Waals surface area contributed by atoms with Crippen molar-refractivity contribution in [1.29, 1.82) is 0 Å². The first-order valence-electron chi connectivity index (χ1n) is 5.16. The molecule has 0 fully saturated rings. The van der Waals surface area contributed by atoms with Crippen molar-refractivity contribution >= 4 is 5.91 Å². The molecular formula is C11H10F2N4O. The Morgan fingerprint density at radius 1 is 1.39 bits per heavy atom. The molecule has 1 aromatic heterocycles. The fourth-order valence-corrected chi connectivity index (χ4v) is 1.62. The molecule has 1 aromatic carbocycles. The molecule has 18 heavy (non-hydrogen) atoms. The monoisotopic (exact) mass is 252 g/mol. The summed E-state index contributed by atoms with van der Waals surface area (Å²) in [6.07, 6.45) is 1.25. The van der Waals surface area contributed by atoms with Gasteiger partial charge in [-0.2, -0.15) is 0 Å². The maximum atomic E-state index is 13.6. The van der Waals surface area contributed by atoms with Crippen LogP contribution in [0.3, 0.4) is 0 Å². The molecule has 0 spiro atoms. The van der Waals surface area contributed by atoms with Crippen molar-refractivity contribution < 1.29 is 13.6 Å². The number of hydrogen-bond acceptors (Lipinski definition) is 3. The highest BCUT2D eigenvalue weighted by molar-refractivity contribution is 5.90. The maximum Gasteiger partial charge on any atom is 0.270 e. The van der Waals surface area contributed by atoms with Crippen LogP contribution in [0, 0.1) is 11.6 Å². The van der Waals surface area contributed by atoms with Crippen molar-refractivity contribution in [1.82, 2.24) is 15.0 Å². The average molecular weight is 252 g/mol. The maximum absolute atomic E-state index is 13.6. The summed E-state index contributed by atoms with van der Waals surface area (Å²) in [7, 11) is 0. The molecule has 1 unspecified atom stereocenters. The van der Waals surface area contributed by atoms with Crippen molar-refractivity contribution in [2.75, 3.05) is 0 Å². The number of halogens is 2. The third-order valence-electron chi connectivity index (χ3n) is 2.58. The van der Waals surface area contributed by atoms with Gasteiger partial charge in [-0.15, -0.1) is 5.10 Å². The minimum absolute atomic E-state index is 0.0569. The molecule has 0 aliphatic rings. The minimum Gasteiger partial charge on any atom is -0.364 e. The van der Waals surface area contributed by atoms with Gasteiger partial charge in [0.1, 0.15) is 11.6 Å². The van der Waals surface area contributed by atoms with Gasteiger partial charge in [-0.05, 0) is 19.1 Å². The number of rotatable bonds is 3. The topological polar surface area (TPSA) is 73.8 Å². The Balaban J connectivity index is 2.41. The van der Waals surface area contributed by atoms with Crippen molar-refractivity contribution in [2.45, 2.75) is 13.0 Å². The molecular weight excluding hydrogens is 242 g/mol. The van der Waals surface area contributed by atoms with E-state index in [1.165, 1.54) is 16.9 Å². The van der Waals surface area contributed by atoms with Crippen LogP contribution < -0.4 is 5.73 Å². The first-order chi connectivity index (χ1) is 8.50. The largest absolute Gasteiger partial charge is 0.364 e. The molecule has 0 radical (unpaired) electrons. The van der Waals surface area contributed by atoms with E-state index in [2.05, 4.69) is 10.3 Å². The van der Waals surface area contributed by atoms with Crippen LogP contribution in [0.1, 0.15) is 29.0 Å². The first kappa shape index (κ1) is 12.2. The fraction of sp³-hybridized carbons (Fsp3) is 0.182. The van der Waals surface area contributed by atoms with Gasteiger partial charge in [0.15, 0.2) is 5.69 Å². The van der Waals surface area contributed by atoms with Crippen molar-refractivity contribution in [3.63, 3.8) is 0 Å². The van der Waals surface area contributed by atoms with Gasteiger partial charge in [-0.1, -0.05) is 11.3 Å². The zero-order chi connectivity index (χ0) is 13.3. The van der Waals surface area contributed by atoms with Gasteiger partial charge in [0, 0.05) is 5.56 Å².